The highest BCUT2D eigenvalue weighted by Crippen LogP contribution is 2.36. The van der Waals surface area contributed by atoms with Crippen molar-refractivity contribution in [3.63, 3.8) is 0 Å². The molecular weight excluding hydrogens is 328 g/mol. The Morgan fingerprint density at radius 2 is 1.75 bits per heavy atom. The fraction of sp³-hybridized carbons (Fsp3) is 0.647. The normalized spacial score (nSPS) is 19.2. The molecule has 0 spiro atoms. The first-order valence-corrected chi connectivity index (χ1v) is 9.97. The highest BCUT2D eigenvalue weighted by molar-refractivity contribution is 7.87. The van der Waals surface area contributed by atoms with Crippen LogP contribution in [0.3, 0.4) is 0 Å². The Balaban J connectivity index is 1.67. The first-order chi connectivity index (χ1) is 11.4. The van der Waals surface area contributed by atoms with E-state index in [-0.39, 0.29) is 12.2 Å². The Bertz CT molecular complexity index is 680. The van der Waals surface area contributed by atoms with Gasteiger partial charge in [-0.1, -0.05) is 32.8 Å². The third-order valence-electron chi connectivity index (χ3n) is 4.76. The SMILES string of the molecule is CC(C)(CNS(=O)(=O)N1CCCCCC1)c1ccc2c(c1)OCO2. The van der Waals surface area contributed by atoms with Gasteiger partial charge in [0.25, 0.3) is 10.2 Å². The minimum Gasteiger partial charge on any atom is -0.454 e. The minimum absolute atomic E-state index is 0.237. The summed E-state index contributed by atoms with van der Waals surface area (Å²) >= 11 is 0. The third-order valence-corrected chi connectivity index (χ3v) is 6.31. The molecule has 3 rings (SSSR count). The predicted molar refractivity (Wildman–Crippen MR) is 92.6 cm³/mol. The molecule has 0 amide bonds. The van der Waals surface area contributed by atoms with Crippen molar-refractivity contribution in [3.05, 3.63) is 23.8 Å². The highest BCUT2D eigenvalue weighted by atomic mass is 32.2. The molecule has 0 atom stereocenters. The Morgan fingerprint density at radius 3 is 2.46 bits per heavy atom. The van der Waals surface area contributed by atoms with E-state index in [1.165, 1.54) is 0 Å². The van der Waals surface area contributed by atoms with E-state index in [1.54, 1.807) is 4.31 Å². The van der Waals surface area contributed by atoms with E-state index < -0.39 is 10.2 Å². The van der Waals surface area contributed by atoms with Crippen LogP contribution >= 0.6 is 0 Å². The zero-order valence-electron chi connectivity index (χ0n) is 14.4. The van der Waals surface area contributed by atoms with Crippen molar-refractivity contribution in [2.45, 2.75) is 44.9 Å². The summed E-state index contributed by atoms with van der Waals surface area (Å²) in [5.74, 6) is 1.45. The van der Waals surface area contributed by atoms with Gasteiger partial charge in [-0.05, 0) is 30.5 Å². The molecule has 0 saturated carbocycles. The second kappa shape index (κ2) is 6.90. The van der Waals surface area contributed by atoms with Crippen molar-refractivity contribution in [1.82, 2.24) is 9.03 Å². The number of nitrogens with one attached hydrogen (secondary N) is 1. The summed E-state index contributed by atoms with van der Waals surface area (Å²) in [6.07, 6.45) is 4.09. The highest BCUT2D eigenvalue weighted by Gasteiger charge is 2.28. The van der Waals surface area contributed by atoms with E-state index in [2.05, 4.69) is 4.72 Å². The van der Waals surface area contributed by atoms with Gasteiger partial charge in [-0.3, -0.25) is 0 Å². The van der Waals surface area contributed by atoms with E-state index in [4.69, 9.17) is 9.47 Å². The lowest BCUT2D eigenvalue weighted by molar-refractivity contribution is 0.174. The van der Waals surface area contributed by atoms with Crippen LogP contribution in [0.1, 0.15) is 45.1 Å². The smallest absolute Gasteiger partial charge is 0.279 e. The topological polar surface area (TPSA) is 67.9 Å². The predicted octanol–water partition coefficient (Wildman–Crippen LogP) is 2.40. The van der Waals surface area contributed by atoms with Gasteiger partial charge >= 0.3 is 0 Å². The van der Waals surface area contributed by atoms with Crippen molar-refractivity contribution in [1.29, 1.82) is 0 Å². The van der Waals surface area contributed by atoms with Gasteiger partial charge < -0.3 is 9.47 Å². The number of benzene rings is 1. The number of fused-ring (bicyclic) bond motifs is 1. The van der Waals surface area contributed by atoms with Crippen LogP contribution < -0.4 is 14.2 Å². The molecule has 24 heavy (non-hydrogen) atoms. The van der Waals surface area contributed by atoms with Crippen LogP contribution in [-0.2, 0) is 15.6 Å². The minimum atomic E-state index is -3.43. The molecule has 0 aliphatic carbocycles. The van der Waals surface area contributed by atoms with E-state index in [0.29, 0.717) is 19.6 Å². The lowest BCUT2D eigenvalue weighted by Gasteiger charge is -2.28. The van der Waals surface area contributed by atoms with Crippen molar-refractivity contribution in [2.75, 3.05) is 26.4 Å². The van der Waals surface area contributed by atoms with Gasteiger partial charge in [0.15, 0.2) is 11.5 Å². The van der Waals surface area contributed by atoms with Gasteiger partial charge in [0.2, 0.25) is 6.79 Å². The second-order valence-corrected chi connectivity index (χ2v) is 8.85. The number of nitrogens with zero attached hydrogens (tertiary/aromatic N) is 1. The molecule has 0 unspecified atom stereocenters. The molecule has 0 bridgehead atoms. The number of rotatable bonds is 5. The van der Waals surface area contributed by atoms with E-state index >= 15 is 0 Å². The average Bonchev–Trinajstić information content (AvgIpc) is 2.84. The van der Waals surface area contributed by atoms with Gasteiger partial charge in [0.1, 0.15) is 0 Å². The van der Waals surface area contributed by atoms with Crippen molar-refractivity contribution < 1.29 is 17.9 Å². The maximum absolute atomic E-state index is 12.6. The fourth-order valence-electron chi connectivity index (χ4n) is 3.06. The van der Waals surface area contributed by atoms with E-state index in [1.807, 2.05) is 32.0 Å². The summed E-state index contributed by atoms with van der Waals surface area (Å²) in [6, 6.07) is 5.78. The summed E-state index contributed by atoms with van der Waals surface area (Å²) < 4.78 is 40.3. The quantitative estimate of drug-likeness (QED) is 0.882. The molecule has 1 fully saturated rings. The molecule has 2 aliphatic heterocycles. The standard InChI is InChI=1S/C17H26N2O4S/c1-17(2,14-7-8-15-16(11-14)23-13-22-15)12-18-24(20,21)19-9-5-3-4-6-10-19/h7-8,11,18H,3-6,9-10,12-13H2,1-2H3. The van der Waals surface area contributed by atoms with Gasteiger partial charge in [-0.2, -0.15) is 12.7 Å². The third kappa shape index (κ3) is 3.84. The van der Waals surface area contributed by atoms with Crippen LogP contribution in [0, 0.1) is 0 Å². The van der Waals surface area contributed by atoms with Crippen LogP contribution in [0.25, 0.3) is 0 Å². The van der Waals surface area contributed by atoms with Crippen molar-refractivity contribution >= 4 is 10.2 Å². The fourth-order valence-corrected chi connectivity index (χ4v) is 4.53. The summed E-state index contributed by atoms with van der Waals surface area (Å²) in [6.45, 7) is 5.84. The second-order valence-electron chi connectivity index (χ2n) is 7.09. The number of hydrogen-bond acceptors (Lipinski definition) is 4. The summed E-state index contributed by atoms with van der Waals surface area (Å²) in [5, 5.41) is 0. The Labute approximate surface area is 144 Å². The molecule has 1 aromatic carbocycles. The van der Waals surface area contributed by atoms with Crippen LogP contribution in [0.15, 0.2) is 18.2 Å². The molecular formula is C17H26N2O4S. The molecule has 7 heteroatoms. The molecule has 1 aromatic rings. The molecule has 1 saturated heterocycles. The monoisotopic (exact) mass is 354 g/mol. The zero-order valence-corrected chi connectivity index (χ0v) is 15.2. The van der Waals surface area contributed by atoms with Gasteiger partial charge in [0, 0.05) is 25.0 Å². The van der Waals surface area contributed by atoms with Crippen LogP contribution in [0.2, 0.25) is 0 Å². The molecule has 1 N–H and O–H groups in total. The van der Waals surface area contributed by atoms with Crippen LogP contribution in [0.5, 0.6) is 11.5 Å². The van der Waals surface area contributed by atoms with Crippen LogP contribution in [-0.4, -0.2) is 39.2 Å². The Kier molecular flexibility index (Phi) is 5.03. The lowest BCUT2D eigenvalue weighted by Crippen LogP contribution is -2.45. The van der Waals surface area contributed by atoms with Crippen molar-refractivity contribution in [3.8, 4) is 11.5 Å². The van der Waals surface area contributed by atoms with Crippen LogP contribution in [0.4, 0.5) is 0 Å². The Hall–Kier alpha value is -1.31. The molecule has 134 valence electrons. The van der Waals surface area contributed by atoms with Gasteiger partial charge in [-0.15, -0.1) is 0 Å². The summed E-state index contributed by atoms with van der Waals surface area (Å²) in [5.41, 5.74) is 0.671. The molecule has 0 aromatic heterocycles. The lowest BCUT2D eigenvalue weighted by atomic mass is 9.85. The first kappa shape index (κ1) is 17.5. The molecule has 6 nitrogen and oxygen atoms in total. The molecule has 0 radical (unpaired) electrons. The Morgan fingerprint density at radius 1 is 1.08 bits per heavy atom. The van der Waals surface area contributed by atoms with E-state index in [9.17, 15) is 8.42 Å². The van der Waals surface area contributed by atoms with E-state index in [0.717, 1.165) is 42.7 Å². The number of ether oxygens (including phenoxy) is 2. The molecule has 2 heterocycles. The zero-order chi connectivity index (χ0) is 17.2. The largest absolute Gasteiger partial charge is 0.454 e. The summed E-state index contributed by atoms with van der Waals surface area (Å²) in [7, 11) is -3.43. The summed E-state index contributed by atoms with van der Waals surface area (Å²) in [4.78, 5) is 0. The maximum atomic E-state index is 12.6. The van der Waals surface area contributed by atoms with Crippen molar-refractivity contribution in [2.24, 2.45) is 0 Å². The van der Waals surface area contributed by atoms with Gasteiger partial charge in [-0.25, -0.2) is 4.72 Å². The molecule has 2 aliphatic rings. The average molecular weight is 354 g/mol. The maximum Gasteiger partial charge on any atom is 0.279 e. The number of hydrogen-bond donors (Lipinski definition) is 1. The van der Waals surface area contributed by atoms with Gasteiger partial charge in [0.05, 0.1) is 0 Å². The first-order valence-electron chi connectivity index (χ1n) is 8.53.